The number of piperidine rings is 1. The lowest BCUT2D eigenvalue weighted by Crippen LogP contribution is -2.52. The smallest absolute Gasteiger partial charge is 0.0505 e. The van der Waals surface area contributed by atoms with Crippen molar-refractivity contribution in [2.75, 3.05) is 11.4 Å². The Morgan fingerprint density at radius 3 is 2.76 bits per heavy atom. The van der Waals surface area contributed by atoms with Crippen LogP contribution in [-0.4, -0.2) is 18.6 Å². The van der Waals surface area contributed by atoms with Crippen LogP contribution in [0, 0.1) is 9.49 Å². The van der Waals surface area contributed by atoms with Gasteiger partial charge >= 0.3 is 0 Å². The molecule has 2 rings (SSSR count). The molecule has 1 saturated heterocycles. The van der Waals surface area contributed by atoms with Crippen LogP contribution in [0.2, 0.25) is 5.02 Å². The van der Waals surface area contributed by atoms with Crippen molar-refractivity contribution < 1.29 is 0 Å². The summed E-state index contributed by atoms with van der Waals surface area (Å²) in [6, 6.07) is 6.90. The third-order valence-corrected chi connectivity index (χ3v) is 4.95. The van der Waals surface area contributed by atoms with E-state index in [-0.39, 0.29) is 0 Å². The third-order valence-electron chi connectivity index (χ3n) is 3.85. The molecule has 1 aromatic rings. The first-order valence-corrected chi connectivity index (χ1v) is 7.43. The largest absolute Gasteiger partial charge is 0.368 e. The molecule has 0 aliphatic carbocycles. The first-order chi connectivity index (χ1) is 8.00. The van der Waals surface area contributed by atoms with Gasteiger partial charge in [0.15, 0.2) is 0 Å². The third kappa shape index (κ3) is 2.71. The second-order valence-electron chi connectivity index (χ2n) is 4.84. The monoisotopic (exact) mass is 364 g/mol. The average molecular weight is 365 g/mol. The van der Waals surface area contributed by atoms with E-state index in [2.05, 4.69) is 47.4 Å². The van der Waals surface area contributed by atoms with Crippen LogP contribution in [0.1, 0.15) is 20.3 Å². The lowest BCUT2D eigenvalue weighted by molar-refractivity contribution is 0.315. The van der Waals surface area contributed by atoms with Crippen molar-refractivity contribution in [2.24, 2.45) is 11.7 Å². The van der Waals surface area contributed by atoms with Gasteiger partial charge in [-0.1, -0.05) is 18.5 Å². The molecule has 3 atom stereocenters. The summed E-state index contributed by atoms with van der Waals surface area (Å²) in [5.74, 6) is 0.523. The van der Waals surface area contributed by atoms with E-state index in [4.69, 9.17) is 17.3 Å². The maximum Gasteiger partial charge on any atom is 0.0505 e. The van der Waals surface area contributed by atoms with Crippen molar-refractivity contribution >= 4 is 39.9 Å². The summed E-state index contributed by atoms with van der Waals surface area (Å²) < 4.78 is 1.21. The van der Waals surface area contributed by atoms with E-state index in [1.165, 1.54) is 9.26 Å². The molecule has 1 aliphatic rings. The molecular weight excluding hydrogens is 347 g/mol. The van der Waals surface area contributed by atoms with Gasteiger partial charge in [-0.3, -0.25) is 0 Å². The molecule has 0 amide bonds. The highest BCUT2D eigenvalue weighted by Crippen LogP contribution is 2.32. The number of anilines is 1. The molecule has 0 aromatic heterocycles. The molecule has 1 aliphatic heterocycles. The number of benzene rings is 1. The Hall–Kier alpha value is -0.000000000000000111. The average Bonchev–Trinajstić information content (AvgIpc) is 2.28. The molecule has 2 nitrogen and oxygen atoms in total. The quantitative estimate of drug-likeness (QED) is 0.773. The minimum Gasteiger partial charge on any atom is -0.368 e. The van der Waals surface area contributed by atoms with Crippen molar-refractivity contribution in [3.63, 3.8) is 0 Å². The van der Waals surface area contributed by atoms with E-state index >= 15 is 0 Å². The fraction of sp³-hybridized carbons (Fsp3) is 0.538. The molecule has 4 heteroatoms. The zero-order chi connectivity index (χ0) is 12.6. The first-order valence-electron chi connectivity index (χ1n) is 5.98. The Morgan fingerprint density at radius 2 is 2.12 bits per heavy atom. The van der Waals surface area contributed by atoms with Gasteiger partial charge in [-0.25, -0.2) is 0 Å². The molecule has 0 bridgehead atoms. The summed E-state index contributed by atoms with van der Waals surface area (Å²) in [6.45, 7) is 5.53. The van der Waals surface area contributed by atoms with Crippen molar-refractivity contribution in [1.29, 1.82) is 0 Å². The standard InChI is InChI=1S/C13H18ClIN2/c1-8-9(2)17(6-5-12(8)16)13-4-3-10(14)7-11(13)15/h3-4,7-9,12H,5-6,16H2,1-2H3. The minimum absolute atomic E-state index is 0.325. The molecule has 2 N–H and O–H groups in total. The topological polar surface area (TPSA) is 29.3 Å². The van der Waals surface area contributed by atoms with E-state index < -0.39 is 0 Å². The van der Waals surface area contributed by atoms with Crippen molar-refractivity contribution in [2.45, 2.75) is 32.4 Å². The Bertz CT molecular complexity index is 410. The van der Waals surface area contributed by atoms with Gasteiger partial charge in [-0.15, -0.1) is 0 Å². The lowest BCUT2D eigenvalue weighted by Gasteiger charge is -2.43. The second kappa shape index (κ2) is 5.33. The fourth-order valence-corrected chi connectivity index (χ4v) is 3.63. The van der Waals surface area contributed by atoms with Crippen LogP contribution in [0.25, 0.3) is 0 Å². The maximum atomic E-state index is 6.12. The van der Waals surface area contributed by atoms with Crippen LogP contribution in [0.5, 0.6) is 0 Å². The predicted octanol–water partition coefficient (Wildman–Crippen LogP) is 3.51. The van der Waals surface area contributed by atoms with E-state index in [1.54, 1.807) is 0 Å². The number of nitrogens with two attached hydrogens (primary N) is 1. The van der Waals surface area contributed by atoms with Crippen LogP contribution in [0.3, 0.4) is 0 Å². The van der Waals surface area contributed by atoms with Gasteiger partial charge in [0.2, 0.25) is 0 Å². The van der Waals surface area contributed by atoms with Gasteiger partial charge < -0.3 is 10.6 Å². The van der Waals surface area contributed by atoms with Crippen LogP contribution in [0.15, 0.2) is 18.2 Å². The molecular formula is C13H18ClIN2. The maximum absolute atomic E-state index is 6.12. The lowest BCUT2D eigenvalue weighted by atomic mass is 9.87. The van der Waals surface area contributed by atoms with Gasteiger partial charge in [0.1, 0.15) is 0 Å². The first kappa shape index (κ1) is 13.4. The Kier molecular flexibility index (Phi) is 4.21. The Balaban J connectivity index is 2.28. The highest BCUT2D eigenvalue weighted by atomic mass is 127. The van der Waals surface area contributed by atoms with Crippen LogP contribution < -0.4 is 10.6 Å². The number of hydrogen-bond acceptors (Lipinski definition) is 2. The van der Waals surface area contributed by atoms with Crippen LogP contribution in [0.4, 0.5) is 5.69 Å². The van der Waals surface area contributed by atoms with Crippen LogP contribution >= 0.6 is 34.2 Å². The molecule has 0 saturated carbocycles. The minimum atomic E-state index is 0.325. The van der Waals surface area contributed by atoms with E-state index in [0.29, 0.717) is 18.0 Å². The molecule has 1 aromatic carbocycles. The Labute approximate surface area is 122 Å². The summed E-state index contributed by atoms with van der Waals surface area (Å²) in [6.07, 6.45) is 1.06. The van der Waals surface area contributed by atoms with Crippen molar-refractivity contribution in [3.8, 4) is 0 Å². The Morgan fingerprint density at radius 1 is 1.41 bits per heavy atom. The second-order valence-corrected chi connectivity index (χ2v) is 6.44. The number of rotatable bonds is 1. The molecule has 94 valence electrons. The zero-order valence-electron chi connectivity index (χ0n) is 10.2. The van der Waals surface area contributed by atoms with Crippen molar-refractivity contribution in [3.05, 3.63) is 26.8 Å². The van der Waals surface area contributed by atoms with E-state index in [0.717, 1.165) is 18.0 Å². The number of halogens is 2. The van der Waals surface area contributed by atoms with Crippen LogP contribution in [-0.2, 0) is 0 Å². The number of hydrogen-bond donors (Lipinski definition) is 1. The van der Waals surface area contributed by atoms with Gasteiger partial charge in [-0.2, -0.15) is 0 Å². The molecule has 1 fully saturated rings. The van der Waals surface area contributed by atoms with Gasteiger partial charge in [-0.05, 0) is 60.1 Å². The highest BCUT2D eigenvalue weighted by molar-refractivity contribution is 14.1. The molecule has 1 heterocycles. The van der Waals surface area contributed by atoms with Gasteiger partial charge in [0.05, 0.1) is 5.69 Å². The zero-order valence-corrected chi connectivity index (χ0v) is 13.1. The summed E-state index contributed by atoms with van der Waals surface area (Å²) in [5, 5.41) is 0.799. The molecule has 17 heavy (non-hydrogen) atoms. The summed E-state index contributed by atoms with van der Waals surface area (Å²) >= 11 is 8.35. The summed E-state index contributed by atoms with van der Waals surface area (Å²) in [7, 11) is 0. The molecule has 3 unspecified atom stereocenters. The predicted molar refractivity (Wildman–Crippen MR) is 82.7 cm³/mol. The van der Waals surface area contributed by atoms with Crippen molar-refractivity contribution in [1.82, 2.24) is 0 Å². The van der Waals surface area contributed by atoms with E-state index in [9.17, 15) is 0 Å². The summed E-state index contributed by atoms with van der Waals surface area (Å²) in [4.78, 5) is 2.45. The van der Waals surface area contributed by atoms with Gasteiger partial charge in [0, 0.05) is 27.2 Å². The summed E-state index contributed by atoms with van der Waals surface area (Å²) in [5.41, 5.74) is 7.40. The number of nitrogens with zero attached hydrogens (tertiary/aromatic N) is 1. The fourth-order valence-electron chi connectivity index (χ4n) is 2.45. The molecule has 0 radical (unpaired) electrons. The normalized spacial score (nSPS) is 29.5. The van der Waals surface area contributed by atoms with Gasteiger partial charge in [0.25, 0.3) is 0 Å². The van der Waals surface area contributed by atoms with E-state index in [1.807, 2.05) is 12.1 Å². The molecule has 0 spiro atoms. The highest BCUT2D eigenvalue weighted by Gasteiger charge is 2.31. The SMILES string of the molecule is CC1C(N)CCN(c2ccc(Cl)cc2I)C1C.